The molecule has 5 rings (SSSR count). The first-order valence-electron chi connectivity index (χ1n) is 9.98. The van der Waals surface area contributed by atoms with Crippen LogP contribution in [-0.4, -0.2) is 34.5 Å². The molecule has 2 aromatic carbocycles. The van der Waals surface area contributed by atoms with Crippen LogP contribution in [0.5, 0.6) is 0 Å². The number of nitrogens with zero attached hydrogens (tertiary/aromatic N) is 1. The van der Waals surface area contributed by atoms with Gasteiger partial charge in [-0.05, 0) is 31.0 Å². The highest BCUT2D eigenvalue weighted by molar-refractivity contribution is 6.36. The van der Waals surface area contributed by atoms with Crippen molar-refractivity contribution in [3.63, 3.8) is 0 Å². The zero-order chi connectivity index (χ0) is 20.0. The largest absolute Gasteiger partial charge is 0.487 e. The molecule has 3 aliphatic rings. The second kappa shape index (κ2) is 7.04. The summed E-state index contributed by atoms with van der Waals surface area (Å²) in [6.07, 6.45) is 2.70. The second-order valence-corrected chi connectivity index (χ2v) is 7.80. The highest BCUT2D eigenvalue weighted by atomic mass is 16.5. The second-order valence-electron chi connectivity index (χ2n) is 7.80. The Labute approximate surface area is 168 Å². The molecule has 148 valence electrons. The molecule has 6 heteroatoms. The fraction of sp³-hybridized carbons (Fsp3) is 0.304. The van der Waals surface area contributed by atoms with E-state index < -0.39 is 12.0 Å². The smallest absolute Gasteiger partial charge is 0.320 e. The molecule has 2 N–H and O–H groups in total. The fourth-order valence-corrected chi connectivity index (χ4v) is 4.56. The maximum atomic E-state index is 12.5. The Morgan fingerprint density at radius 1 is 1.17 bits per heavy atom. The van der Waals surface area contributed by atoms with E-state index in [1.54, 1.807) is 0 Å². The Kier molecular flexibility index (Phi) is 4.36. The number of amides is 1. The van der Waals surface area contributed by atoms with Crippen LogP contribution in [0.25, 0.3) is 11.3 Å². The van der Waals surface area contributed by atoms with Gasteiger partial charge in [0.05, 0.1) is 5.57 Å². The summed E-state index contributed by atoms with van der Waals surface area (Å²) in [6, 6.07) is 13.3. The van der Waals surface area contributed by atoms with Crippen LogP contribution >= 0.6 is 0 Å². The van der Waals surface area contributed by atoms with E-state index in [0.717, 1.165) is 47.3 Å². The molecule has 0 spiro atoms. The number of para-hydroxylation sites is 1. The number of carbonyl (C=O) groups is 2. The van der Waals surface area contributed by atoms with E-state index in [1.807, 2.05) is 41.3 Å². The van der Waals surface area contributed by atoms with Gasteiger partial charge in [-0.3, -0.25) is 14.5 Å². The van der Waals surface area contributed by atoms with Crippen LogP contribution in [0, 0.1) is 0 Å². The van der Waals surface area contributed by atoms with Crippen molar-refractivity contribution in [3.05, 3.63) is 64.7 Å². The van der Waals surface area contributed by atoms with Gasteiger partial charge in [-0.1, -0.05) is 42.8 Å². The molecule has 0 bridgehead atoms. The summed E-state index contributed by atoms with van der Waals surface area (Å²) >= 11 is 0. The highest BCUT2D eigenvalue weighted by Gasteiger charge is 2.33. The summed E-state index contributed by atoms with van der Waals surface area (Å²) < 4.78 is 5.95. The number of ether oxygens (including phenoxy) is 1. The third kappa shape index (κ3) is 3.09. The summed E-state index contributed by atoms with van der Waals surface area (Å²) in [5.74, 6) is -0.266. The summed E-state index contributed by atoms with van der Waals surface area (Å²) in [6.45, 7) is 1.83. The van der Waals surface area contributed by atoms with E-state index in [2.05, 4.69) is 11.4 Å². The molecule has 2 aromatic rings. The zero-order valence-electron chi connectivity index (χ0n) is 16.0. The zero-order valence-corrected chi connectivity index (χ0v) is 16.0. The molecule has 0 aromatic heterocycles. The monoisotopic (exact) mass is 390 g/mol. The maximum absolute atomic E-state index is 12.5. The Morgan fingerprint density at radius 3 is 2.90 bits per heavy atom. The van der Waals surface area contributed by atoms with Crippen LogP contribution in [0.15, 0.2) is 42.5 Å². The lowest BCUT2D eigenvalue weighted by Crippen LogP contribution is -2.44. The normalized spacial score (nSPS) is 23.3. The standard InChI is InChI=1S/C23H22N2O4/c26-22-20(17-5-1-2-6-18(17)24-22)21-16-9-8-14(11-15(16)13-29-21)12-25-10-4-3-7-19(25)23(27)28/h1-2,5-6,8-9,11,19H,3-4,7,10,12-13H2,(H,24,26)(H,27,28). The average molecular weight is 390 g/mol. The molecule has 1 atom stereocenters. The minimum atomic E-state index is -0.743. The molecule has 29 heavy (non-hydrogen) atoms. The number of aliphatic carboxylic acids is 1. The van der Waals surface area contributed by atoms with Crippen LogP contribution in [0.2, 0.25) is 0 Å². The van der Waals surface area contributed by atoms with E-state index in [0.29, 0.717) is 30.9 Å². The van der Waals surface area contributed by atoms with Crippen molar-refractivity contribution >= 4 is 28.9 Å². The number of anilines is 1. The first kappa shape index (κ1) is 17.9. The van der Waals surface area contributed by atoms with E-state index in [4.69, 9.17) is 4.74 Å². The molecule has 3 heterocycles. The Morgan fingerprint density at radius 2 is 2.03 bits per heavy atom. The number of likely N-dealkylation sites (tertiary alicyclic amines) is 1. The number of hydrogen-bond acceptors (Lipinski definition) is 4. The van der Waals surface area contributed by atoms with E-state index in [1.165, 1.54) is 0 Å². The predicted octanol–water partition coefficient (Wildman–Crippen LogP) is 3.48. The quantitative estimate of drug-likeness (QED) is 0.785. The van der Waals surface area contributed by atoms with Gasteiger partial charge in [-0.15, -0.1) is 0 Å². The van der Waals surface area contributed by atoms with Crippen molar-refractivity contribution in [3.8, 4) is 0 Å². The molecule has 0 saturated carbocycles. The summed E-state index contributed by atoms with van der Waals surface area (Å²) in [5.41, 5.74) is 5.28. The predicted molar refractivity (Wildman–Crippen MR) is 109 cm³/mol. The van der Waals surface area contributed by atoms with Crippen LogP contribution < -0.4 is 5.32 Å². The maximum Gasteiger partial charge on any atom is 0.320 e. The lowest BCUT2D eigenvalue weighted by molar-refractivity contribution is -0.144. The molecular formula is C23H22N2O4. The van der Waals surface area contributed by atoms with Crippen LogP contribution in [0.4, 0.5) is 5.69 Å². The number of carboxylic acids is 1. The van der Waals surface area contributed by atoms with Gasteiger partial charge in [-0.2, -0.15) is 0 Å². The summed E-state index contributed by atoms with van der Waals surface area (Å²) in [7, 11) is 0. The van der Waals surface area contributed by atoms with Crippen LogP contribution in [0.3, 0.4) is 0 Å². The first-order valence-corrected chi connectivity index (χ1v) is 9.98. The molecule has 1 fully saturated rings. The van der Waals surface area contributed by atoms with Gasteiger partial charge in [-0.25, -0.2) is 0 Å². The van der Waals surface area contributed by atoms with Gasteiger partial charge in [0.15, 0.2) is 0 Å². The topological polar surface area (TPSA) is 78.9 Å². The molecule has 0 aliphatic carbocycles. The van der Waals surface area contributed by atoms with Crippen molar-refractivity contribution in [2.24, 2.45) is 0 Å². The number of carbonyl (C=O) groups excluding carboxylic acids is 1. The first-order chi connectivity index (χ1) is 14.1. The van der Waals surface area contributed by atoms with E-state index >= 15 is 0 Å². The minimum Gasteiger partial charge on any atom is -0.487 e. The van der Waals surface area contributed by atoms with Gasteiger partial charge in [0, 0.05) is 28.9 Å². The van der Waals surface area contributed by atoms with Gasteiger partial charge >= 0.3 is 5.97 Å². The average Bonchev–Trinajstić information content (AvgIpc) is 3.27. The number of carboxylic acid groups (broad SMARTS) is 1. The number of nitrogens with one attached hydrogen (secondary N) is 1. The number of rotatable bonds is 3. The number of hydrogen-bond donors (Lipinski definition) is 2. The fourth-order valence-electron chi connectivity index (χ4n) is 4.56. The summed E-state index contributed by atoms with van der Waals surface area (Å²) in [5, 5.41) is 12.4. The van der Waals surface area contributed by atoms with Crippen molar-refractivity contribution in [2.45, 2.75) is 38.5 Å². The van der Waals surface area contributed by atoms with Gasteiger partial charge in [0.2, 0.25) is 0 Å². The molecule has 1 saturated heterocycles. The van der Waals surface area contributed by atoms with Gasteiger partial charge in [0.25, 0.3) is 5.91 Å². The molecule has 0 radical (unpaired) electrons. The number of fused-ring (bicyclic) bond motifs is 2. The lowest BCUT2D eigenvalue weighted by atomic mass is 9.98. The SMILES string of the molecule is O=C1Nc2ccccc2C1=C1OCc2cc(CN3CCCCC3C(=O)O)ccc21. The van der Waals surface area contributed by atoms with Crippen LogP contribution in [-0.2, 0) is 27.5 Å². The van der Waals surface area contributed by atoms with Crippen molar-refractivity contribution in [1.29, 1.82) is 0 Å². The third-order valence-corrected chi connectivity index (χ3v) is 5.97. The van der Waals surface area contributed by atoms with E-state index in [-0.39, 0.29) is 5.91 Å². The van der Waals surface area contributed by atoms with Crippen LogP contribution in [0.1, 0.15) is 41.5 Å². The molecular weight excluding hydrogens is 368 g/mol. The number of piperidine rings is 1. The van der Waals surface area contributed by atoms with E-state index in [9.17, 15) is 14.7 Å². The molecule has 3 aliphatic heterocycles. The highest BCUT2D eigenvalue weighted by Crippen LogP contribution is 2.41. The third-order valence-electron chi connectivity index (χ3n) is 5.97. The summed E-state index contributed by atoms with van der Waals surface area (Å²) in [4.78, 5) is 26.1. The van der Waals surface area contributed by atoms with Crippen molar-refractivity contribution < 1.29 is 19.4 Å². The Hall–Kier alpha value is -3.12. The van der Waals surface area contributed by atoms with Crippen molar-refractivity contribution in [2.75, 3.05) is 11.9 Å². The number of benzene rings is 2. The molecule has 1 unspecified atom stereocenters. The Balaban J connectivity index is 1.45. The minimum absolute atomic E-state index is 0.143. The van der Waals surface area contributed by atoms with Gasteiger partial charge in [0.1, 0.15) is 18.4 Å². The van der Waals surface area contributed by atoms with Gasteiger partial charge < -0.3 is 15.2 Å². The Bertz CT molecular complexity index is 1040. The molecule has 6 nitrogen and oxygen atoms in total. The van der Waals surface area contributed by atoms with Crippen molar-refractivity contribution in [1.82, 2.24) is 4.90 Å². The lowest BCUT2D eigenvalue weighted by Gasteiger charge is -2.32. The molecule has 1 amide bonds.